The molecule has 15 nitrogen and oxygen atoms in total. The molecule has 0 amide bonds. The van der Waals surface area contributed by atoms with Gasteiger partial charge < -0.3 is 82.1 Å². The van der Waals surface area contributed by atoms with Crippen LogP contribution in [0.5, 0.6) is 0 Å². The van der Waals surface area contributed by atoms with Crippen LogP contribution in [-0.2, 0) is 11.8 Å². The second-order valence-corrected chi connectivity index (χ2v) is 0. The molecule has 0 heterocycles. The third kappa shape index (κ3) is 2060. The maximum absolute atomic E-state index is 3.89. The van der Waals surface area contributed by atoms with E-state index in [0.717, 1.165) is 0 Å². The van der Waals surface area contributed by atoms with E-state index in [2.05, 4.69) is 39.4 Å². The van der Waals surface area contributed by atoms with E-state index in [1.54, 1.807) is 0 Å². The summed E-state index contributed by atoms with van der Waals surface area (Å²) < 4.78 is 0. The topological polar surface area (TPSA) is 472 Å². The first-order valence-corrected chi connectivity index (χ1v) is 8.64. The lowest BCUT2D eigenvalue weighted by Gasteiger charge is -1.06. The van der Waals surface area contributed by atoms with Crippen LogP contribution in [0, 0.1) is 0 Å². The molecule has 21 heteroatoms. The summed E-state index contributed by atoms with van der Waals surface area (Å²) in [5.74, 6) is 0. The van der Waals surface area contributed by atoms with Crippen LogP contribution in [0.3, 0.4) is 0 Å². The van der Waals surface area contributed by atoms with Gasteiger partial charge in [-0.15, -0.1) is 19.6 Å². The Morgan fingerprint density at radius 2 is 0.333 bits per heavy atom. The van der Waals surface area contributed by atoms with Crippen LogP contribution < -0.4 is 0 Å². The van der Waals surface area contributed by atoms with Gasteiger partial charge in [0.05, 0.1) is 0 Å². The van der Waals surface area contributed by atoms with Crippen molar-refractivity contribution in [3.8, 4) is 0 Å². The minimum Gasteiger partial charge on any atom is -0.412 e. The highest BCUT2D eigenvalue weighted by Crippen LogP contribution is 1.78. The van der Waals surface area contributed by atoms with Crippen LogP contribution in [0.4, 0.5) is 0 Å². The first kappa shape index (κ1) is 436. The Kier molecular flexibility index (Phi) is 47100. The SMILES string of the molecule is O.O.O.O.O.O.O.O.O.O.O.O.O.O.O.P=S.SI.SI. The van der Waals surface area contributed by atoms with E-state index < -0.39 is 0 Å². The molecule has 0 spiro atoms. The molecule has 0 aliphatic heterocycles. The van der Waals surface area contributed by atoms with Gasteiger partial charge in [-0.3, -0.25) is 0 Å². The van der Waals surface area contributed by atoms with Crippen molar-refractivity contribution in [2.24, 2.45) is 0 Å². The van der Waals surface area contributed by atoms with E-state index in [0.29, 0.717) is 0 Å². The highest BCUT2D eigenvalue weighted by molar-refractivity contribution is 14.2. The van der Waals surface area contributed by atoms with Gasteiger partial charge in [-0.2, -0.15) is 0 Å². The van der Waals surface area contributed by atoms with E-state index in [9.17, 15) is 0 Å². The predicted octanol–water partition coefficient (Wildman–Crippen LogP) is -9.25. The van der Waals surface area contributed by atoms with Gasteiger partial charge in [0.25, 0.3) is 0 Å². The van der Waals surface area contributed by atoms with Crippen LogP contribution in [0.15, 0.2) is 0 Å². The summed E-state index contributed by atoms with van der Waals surface area (Å²) in [6.45, 7) is 0. The van der Waals surface area contributed by atoms with Gasteiger partial charge in [0.1, 0.15) is 0 Å². The first-order chi connectivity index (χ1) is 3.00. The fourth-order valence-corrected chi connectivity index (χ4v) is 0. The van der Waals surface area contributed by atoms with Gasteiger partial charge in [0, 0.05) is 0 Å². The van der Waals surface area contributed by atoms with Crippen molar-refractivity contribution in [2.75, 3.05) is 0 Å². The lowest BCUT2D eigenvalue weighted by atomic mass is 16.0. The van der Waals surface area contributed by atoms with Crippen LogP contribution in [0.1, 0.15) is 0 Å². The van der Waals surface area contributed by atoms with Crippen molar-refractivity contribution >= 4 is 81.8 Å². The van der Waals surface area contributed by atoms with Crippen molar-refractivity contribution in [3.05, 3.63) is 0 Å². The monoisotopic (exact) mass is 654 g/mol. The average Bonchev–Trinajstić information content (AvgIpc) is 1.81. The van der Waals surface area contributed by atoms with Gasteiger partial charge in [-0.05, 0) is 50.4 Å². The molecular formula is H33I2O15PS3. The molecule has 21 heavy (non-hydrogen) atoms. The average molecular weight is 654 g/mol. The molecule has 0 aliphatic rings. The van der Waals surface area contributed by atoms with Crippen LogP contribution in [0.25, 0.3) is 0 Å². The maximum Gasteiger partial charge on any atom is -0.00784 e. The standard InChI is InChI=1S/2HIS.15H2O.HPS/c2*1-2;;;;;;;;;;;;;;;;1-2/h2*2H;15*1H2;1H. The summed E-state index contributed by atoms with van der Waals surface area (Å²) in [7, 11) is 9.55. The number of rotatable bonds is 0. The Balaban J connectivity index is -0.000000000296. The maximum atomic E-state index is 3.89. The van der Waals surface area contributed by atoms with E-state index in [-0.39, 0.29) is 82.1 Å². The van der Waals surface area contributed by atoms with Crippen molar-refractivity contribution in [1.29, 1.82) is 0 Å². The van der Waals surface area contributed by atoms with Gasteiger partial charge in [-0.1, -0.05) is 11.8 Å². The fraction of sp³-hybridized carbons (Fsp3) is 0. The number of hydrogen-bond donors (Lipinski definition) is 2. The Hall–Kier alpha value is 2.08. The second kappa shape index (κ2) is 2270. The highest BCUT2D eigenvalue weighted by Gasteiger charge is 0.946. The van der Waals surface area contributed by atoms with Crippen molar-refractivity contribution in [3.63, 3.8) is 0 Å². The number of halogens is 2. The second-order valence-electron chi connectivity index (χ2n) is 0. The molecule has 0 fully saturated rings. The van der Waals surface area contributed by atoms with E-state index in [1.165, 1.54) is 0 Å². The fourth-order valence-electron chi connectivity index (χ4n) is 0. The lowest BCUT2D eigenvalue weighted by Crippen LogP contribution is -0.399. The Morgan fingerprint density at radius 1 is 0.333 bits per heavy atom. The summed E-state index contributed by atoms with van der Waals surface area (Å²) in [4.78, 5) is 0. The van der Waals surface area contributed by atoms with Gasteiger partial charge in [-0.25, -0.2) is 0 Å². The van der Waals surface area contributed by atoms with Gasteiger partial charge >= 0.3 is 0 Å². The third-order valence-corrected chi connectivity index (χ3v) is 0. The smallest absolute Gasteiger partial charge is 0.00784 e. The van der Waals surface area contributed by atoms with Crippen molar-refractivity contribution in [1.82, 2.24) is 0 Å². The Labute approximate surface area is 163 Å². The summed E-state index contributed by atoms with van der Waals surface area (Å²) in [5.41, 5.74) is 0. The van der Waals surface area contributed by atoms with E-state index in [4.69, 9.17) is 0 Å². The van der Waals surface area contributed by atoms with Gasteiger partial charge in [0.15, 0.2) is 0 Å². The largest absolute Gasteiger partial charge is 0.412 e. The molecule has 0 rings (SSSR count). The zero-order valence-corrected chi connectivity index (χ0v) is 18.0. The molecule has 0 saturated heterocycles. The van der Waals surface area contributed by atoms with Crippen LogP contribution >= 0.6 is 70.0 Å². The Morgan fingerprint density at radius 3 is 0.333 bits per heavy atom. The molecule has 0 aromatic rings. The minimum absolute atomic E-state index is 0. The predicted molar refractivity (Wildman–Crippen MR) is 116 cm³/mol. The third-order valence-electron chi connectivity index (χ3n) is 0. The van der Waals surface area contributed by atoms with Crippen LogP contribution in [0.2, 0.25) is 0 Å². The zero-order valence-electron chi connectivity index (χ0n) is 10.1. The molecule has 0 aliphatic carbocycles. The first-order valence-electron chi connectivity index (χ1n) is 0.542. The molecular weight excluding hydrogens is 621 g/mol. The number of hydrogen-bond acceptors (Lipinski definition) is 3. The summed E-state index contributed by atoms with van der Waals surface area (Å²) in [5, 5.41) is 0. The molecule has 30 N–H and O–H groups in total. The van der Waals surface area contributed by atoms with Crippen molar-refractivity contribution in [2.45, 2.75) is 0 Å². The molecule has 0 saturated carbocycles. The summed E-state index contributed by atoms with van der Waals surface area (Å²) in [6.07, 6.45) is 0. The Bertz CT molecular complexity index is 26.9. The summed E-state index contributed by atoms with van der Waals surface area (Å²) >= 11 is 7.58. The molecule has 0 unspecified atom stereocenters. The normalized spacial score (nSPS) is 0.762. The summed E-state index contributed by atoms with van der Waals surface area (Å²) in [6, 6.07) is 0. The molecule has 0 radical (unpaired) electrons. The van der Waals surface area contributed by atoms with Crippen LogP contribution in [-0.4, -0.2) is 82.1 Å². The van der Waals surface area contributed by atoms with E-state index in [1.807, 2.05) is 42.4 Å². The van der Waals surface area contributed by atoms with Crippen molar-refractivity contribution < 1.29 is 82.1 Å². The minimum atomic E-state index is 0. The quantitative estimate of drug-likeness (QED) is 0.143. The van der Waals surface area contributed by atoms with Gasteiger partial charge in [0.2, 0.25) is 0 Å². The number of thiol groups is 2. The molecule has 0 aromatic carbocycles. The lowest BCUT2D eigenvalue weighted by molar-refractivity contribution is 0.823. The molecule has 0 bridgehead atoms. The molecule has 160 valence electrons. The molecule has 0 atom stereocenters. The molecule has 0 aromatic heterocycles. The van der Waals surface area contributed by atoms with E-state index >= 15 is 0 Å². The highest BCUT2D eigenvalue weighted by atomic mass is 127. The zero-order chi connectivity index (χ0) is 6.00.